The number of aryl methyl sites for hydroxylation is 1. The van der Waals surface area contributed by atoms with Crippen LogP contribution < -0.4 is 11.2 Å². The second-order valence-electron chi connectivity index (χ2n) is 4.97. The van der Waals surface area contributed by atoms with E-state index in [1.54, 1.807) is 0 Å². The van der Waals surface area contributed by atoms with Gasteiger partial charge in [0.1, 0.15) is 11.3 Å². The lowest BCUT2D eigenvalue weighted by Crippen LogP contribution is -2.29. The number of fused-ring (bicyclic) bond motifs is 1. The number of rotatable bonds is 2. The molecule has 1 aliphatic heterocycles. The lowest BCUT2D eigenvalue weighted by Gasteiger charge is -2.18. The summed E-state index contributed by atoms with van der Waals surface area (Å²) in [7, 11) is 0. The van der Waals surface area contributed by atoms with E-state index in [2.05, 4.69) is 21.9 Å². The third-order valence-electron chi connectivity index (χ3n) is 3.67. The summed E-state index contributed by atoms with van der Waals surface area (Å²) in [5.74, 6) is 1.90. The van der Waals surface area contributed by atoms with Gasteiger partial charge < -0.3 is 4.98 Å². The fourth-order valence-corrected chi connectivity index (χ4v) is 3.81. The average molecular weight is 280 g/mol. The molecule has 19 heavy (non-hydrogen) atoms. The van der Waals surface area contributed by atoms with Gasteiger partial charge in [-0.25, -0.2) is 9.78 Å². The molecule has 2 aromatic heterocycles. The van der Waals surface area contributed by atoms with E-state index >= 15 is 0 Å². The van der Waals surface area contributed by atoms with E-state index in [0.717, 1.165) is 24.4 Å². The second kappa shape index (κ2) is 4.26. The summed E-state index contributed by atoms with van der Waals surface area (Å²) in [5, 5.41) is 0. The lowest BCUT2D eigenvalue weighted by atomic mass is 10.1. The van der Waals surface area contributed by atoms with Crippen LogP contribution in [0.25, 0.3) is 11.2 Å². The zero-order valence-corrected chi connectivity index (χ0v) is 11.8. The van der Waals surface area contributed by atoms with E-state index in [1.807, 2.05) is 18.7 Å². The van der Waals surface area contributed by atoms with Crippen molar-refractivity contribution in [3.8, 4) is 0 Å². The number of hydrogen-bond acceptors (Lipinski definition) is 4. The highest BCUT2D eigenvalue weighted by molar-refractivity contribution is 8.00. The number of aromatic amines is 2. The fourth-order valence-electron chi connectivity index (χ4n) is 2.55. The first-order chi connectivity index (χ1) is 9.05. The summed E-state index contributed by atoms with van der Waals surface area (Å²) in [4.78, 5) is 33.6. The molecule has 0 bridgehead atoms. The van der Waals surface area contributed by atoms with Gasteiger partial charge in [0.25, 0.3) is 5.56 Å². The Labute approximate surface area is 113 Å². The van der Waals surface area contributed by atoms with Crippen molar-refractivity contribution in [1.82, 2.24) is 19.5 Å². The maximum absolute atomic E-state index is 11.9. The molecule has 2 aromatic rings. The molecule has 0 spiro atoms. The number of thioether (sulfide) groups is 1. The molecule has 0 radical (unpaired) electrons. The van der Waals surface area contributed by atoms with Crippen LogP contribution >= 0.6 is 11.8 Å². The van der Waals surface area contributed by atoms with Crippen LogP contribution in [0.2, 0.25) is 0 Å². The molecule has 102 valence electrons. The van der Waals surface area contributed by atoms with Crippen LogP contribution in [0.1, 0.15) is 32.5 Å². The molecule has 3 rings (SSSR count). The monoisotopic (exact) mass is 280 g/mol. The van der Waals surface area contributed by atoms with Crippen LogP contribution in [0.5, 0.6) is 0 Å². The molecular weight excluding hydrogens is 264 g/mol. The molecule has 2 N–H and O–H groups in total. The van der Waals surface area contributed by atoms with Crippen molar-refractivity contribution in [2.75, 3.05) is 5.75 Å². The van der Waals surface area contributed by atoms with Gasteiger partial charge in [-0.1, -0.05) is 0 Å². The van der Waals surface area contributed by atoms with Gasteiger partial charge in [-0.15, -0.1) is 11.8 Å². The molecule has 1 aliphatic rings. The van der Waals surface area contributed by atoms with E-state index in [9.17, 15) is 9.59 Å². The van der Waals surface area contributed by atoms with Gasteiger partial charge in [0.15, 0.2) is 5.65 Å². The predicted octanol–water partition coefficient (Wildman–Crippen LogP) is 1.17. The zero-order chi connectivity index (χ0) is 13.6. The van der Waals surface area contributed by atoms with Gasteiger partial charge in [0.2, 0.25) is 0 Å². The van der Waals surface area contributed by atoms with E-state index in [-0.39, 0.29) is 4.75 Å². The predicted molar refractivity (Wildman–Crippen MR) is 75.7 cm³/mol. The molecule has 6 nitrogen and oxygen atoms in total. The number of nitrogens with zero attached hydrogens (tertiary/aromatic N) is 2. The third kappa shape index (κ3) is 1.83. The molecule has 0 aromatic carbocycles. The molecule has 1 atom stereocenters. The fraction of sp³-hybridized carbons (Fsp3) is 0.583. The summed E-state index contributed by atoms with van der Waals surface area (Å²) in [6, 6.07) is 0. The minimum Gasteiger partial charge on any atom is -0.335 e. The van der Waals surface area contributed by atoms with E-state index in [0.29, 0.717) is 17.7 Å². The molecule has 1 saturated heterocycles. The molecule has 1 fully saturated rings. The van der Waals surface area contributed by atoms with E-state index in [4.69, 9.17) is 0 Å². The van der Waals surface area contributed by atoms with Crippen molar-refractivity contribution in [1.29, 1.82) is 0 Å². The van der Waals surface area contributed by atoms with Crippen molar-refractivity contribution in [2.24, 2.45) is 0 Å². The Bertz CT molecular complexity index is 736. The maximum Gasteiger partial charge on any atom is 0.330 e. The Morgan fingerprint density at radius 3 is 2.84 bits per heavy atom. The summed E-state index contributed by atoms with van der Waals surface area (Å²) >= 11 is 1.84. The second-order valence-corrected chi connectivity index (χ2v) is 6.57. The summed E-state index contributed by atoms with van der Waals surface area (Å²) in [6.45, 7) is 4.48. The van der Waals surface area contributed by atoms with Crippen LogP contribution in [0.3, 0.4) is 0 Å². The van der Waals surface area contributed by atoms with Crippen molar-refractivity contribution in [2.45, 2.75) is 38.0 Å². The maximum atomic E-state index is 11.9. The number of aromatic nitrogens is 4. The highest BCUT2D eigenvalue weighted by Crippen LogP contribution is 2.45. The Morgan fingerprint density at radius 2 is 2.21 bits per heavy atom. The smallest absolute Gasteiger partial charge is 0.330 e. The number of nitrogens with one attached hydrogen (secondary N) is 2. The molecular formula is C12H16N4O2S. The lowest BCUT2D eigenvalue weighted by molar-refractivity contribution is 0.612. The van der Waals surface area contributed by atoms with Crippen LogP contribution in [-0.2, 0) is 11.3 Å². The van der Waals surface area contributed by atoms with Gasteiger partial charge in [-0.05, 0) is 32.4 Å². The van der Waals surface area contributed by atoms with Gasteiger partial charge >= 0.3 is 5.69 Å². The van der Waals surface area contributed by atoms with Crippen molar-refractivity contribution < 1.29 is 0 Å². The highest BCUT2D eigenvalue weighted by atomic mass is 32.2. The Balaban J connectivity index is 2.29. The SMILES string of the molecule is CCn1c(=O)[nH]c(=O)c2[nH]c(C3(C)CCCS3)nc21. The molecule has 0 saturated carbocycles. The molecule has 3 heterocycles. The van der Waals surface area contributed by atoms with Crippen molar-refractivity contribution >= 4 is 22.9 Å². The zero-order valence-electron chi connectivity index (χ0n) is 10.9. The van der Waals surface area contributed by atoms with Crippen LogP contribution in [0, 0.1) is 0 Å². The van der Waals surface area contributed by atoms with Crippen molar-refractivity contribution in [3.63, 3.8) is 0 Å². The number of hydrogen-bond donors (Lipinski definition) is 2. The van der Waals surface area contributed by atoms with Gasteiger partial charge in [-0.3, -0.25) is 14.3 Å². The third-order valence-corrected chi connectivity index (χ3v) is 5.20. The molecule has 1 unspecified atom stereocenters. The first kappa shape index (κ1) is 12.5. The van der Waals surface area contributed by atoms with E-state index in [1.165, 1.54) is 4.57 Å². The van der Waals surface area contributed by atoms with Crippen LogP contribution in [-0.4, -0.2) is 25.3 Å². The standard InChI is InChI=1S/C12H16N4O2S/c1-3-16-8-7(9(17)15-11(16)18)13-10(14-8)12(2)5-4-6-19-12/h3-6H2,1-2H3,(H,13,14)(H,15,17,18). The van der Waals surface area contributed by atoms with E-state index < -0.39 is 11.2 Å². The Morgan fingerprint density at radius 1 is 1.42 bits per heavy atom. The van der Waals surface area contributed by atoms with Gasteiger partial charge in [0, 0.05) is 6.54 Å². The highest BCUT2D eigenvalue weighted by Gasteiger charge is 2.35. The van der Waals surface area contributed by atoms with Gasteiger partial charge in [-0.2, -0.15) is 0 Å². The number of H-pyrrole nitrogens is 2. The normalized spacial score (nSPS) is 23.3. The van der Waals surface area contributed by atoms with Gasteiger partial charge in [0.05, 0.1) is 4.75 Å². The largest absolute Gasteiger partial charge is 0.335 e. The first-order valence-electron chi connectivity index (χ1n) is 6.42. The van der Waals surface area contributed by atoms with Crippen LogP contribution in [0.4, 0.5) is 0 Å². The first-order valence-corrected chi connectivity index (χ1v) is 7.41. The Hall–Kier alpha value is -1.50. The summed E-state index contributed by atoms with van der Waals surface area (Å²) in [5.41, 5.74) is 0.0578. The average Bonchev–Trinajstić information content (AvgIpc) is 2.97. The Kier molecular flexibility index (Phi) is 2.81. The molecule has 0 amide bonds. The molecule has 7 heteroatoms. The minimum atomic E-state index is -0.401. The number of imidazole rings is 1. The van der Waals surface area contributed by atoms with Crippen molar-refractivity contribution in [3.05, 3.63) is 26.7 Å². The topological polar surface area (TPSA) is 83.5 Å². The molecule has 0 aliphatic carbocycles. The summed E-state index contributed by atoms with van der Waals surface area (Å²) < 4.78 is 1.40. The minimum absolute atomic E-state index is 0.0833. The quantitative estimate of drug-likeness (QED) is 0.865. The van der Waals surface area contributed by atoms with Crippen LogP contribution in [0.15, 0.2) is 9.59 Å². The summed E-state index contributed by atoms with van der Waals surface area (Å²) in [6.07, 6.45) is 2.18.